The van der Waals surface area contributed by atoms with Crippen LogP contribution in [0.3, 0.4) is 0 Å². The number of carbonyl (C=O) groups is 5. The van der Waals surface area contributed by atoms with E-state index < -0.39 is 17.9 Å². The summed E-state index contributed by atoms with van der Waals surface area (Å²) >= 11 is 0. The number of benzene rings is 2. The molecular formula is C67H72N12O7. The second kappa shape index (κ2) is 26.1. The minimum absolute atomic E-state index is 0.0277. The number of piperazine rings is 1. The third kappa shape index (κ3) is 13.0. The second-order valence-electron chi connectivity index (χ2n) is 22.2. The van der Waals surface area contributed by atoms with E-state index in [1.165, 1.54) is 7.11 Å². The average Bonchev–Trinajstić information content (AvgIpc) is 1.87. The van der Waals surface area contributed by atoms with Gasteiger partial charge in [-0.3, -0.25) is 34.0 Å². The number of ether oxygens (including phenoxy) is 1. The van der Waals surface area contributed by atoms with Crippen molar-refractivity contribution in [2.24, 2.45) is 0 Å². The standard InChI is InChI=1S/C67H72N12O7/c1-9-47-39(4)53-33-55-41(6)49(63(74-55)50(32-61(82)86-8)64-62(66(84)85)42(7)56(75-64)35-58-48(10-2)40(5)54(73-58)34-57(47)72-53)21-22-59(80)69-25-12-14-60(81)79-29-27-78(28-30-79)37-43-16-18-44(19-17-43)65(83)71-46-20-15-38(3)52(31-46)77-67-70-26-23-51(76-67)45-13-11-24-68-36-45/h9,11,13,15-20,23-24,26,31,33-36,41,49,72-73H,1,10,12,14,21-22,25,27-30,32,37H2,2-8H3,(H,69,80)(H,71,83)(H,84,85)(H,70,76,77)/t41-,49-/m0/s1. The van der Waals surface area contributed by atoms with Crippen molar-refractivity contribution in [1.29, 1.82) is 0 Å². The van der Waals surface area contributed by atoms with Crippen LogP contribution in [-0.2, 0) is 43.3 Å². The lowest BCUT2D eigenvalue weighted by atomic mass is 9.84. The average molecular weight is 1160 g/mol. The molecule has 8 bridgehead atoms. The van der Waals surface area contributed by atoms with Gasteiger partial charge in [-0.2, -0.15) is 0 Å². The molecule has 0 spiro atoms. The maximum absolute atomic E-state index is 13.7. The smallest absolute Gasteiger partial charge is 0.338 e. The van der Waals surface area contributed by atoms with Gasteiger partial charge in [0.05, 0.1) is 41.9 Å². The Morgan fingerprint density at radius 2 is 1.59 bits per heavy atom. The normalized spacial score (nSPS) is 15.1. The number of anilines is 3. The number of aromatic nitrogens is 7. The van der Waals surface area contributed by atoms with Gasteiger partial charge in [-0.15, -0.1) is 0 Å². The number of carboxylic acid groups (broad SMARTS) is 1. The number of aromatic amines is 2. The van der Waals surface area contributed by atoms with Crippen LogP contribution in [0.1, 0.15) is 130 Å². The Morgan fingerprint density at radius 3 is 2.31 bits per heavy atom. The van der Waals surface area contributed by atoms with Gasteiger partial charge in [-0.05, 0) is 141 Å². The molecule has 442 valence electrons. The number of nitrogens with zero attached hydrogens (tertiary/aromatic N) is 7. The summed E-state index contributed by atoms with van der Waals surface area (Å²) in [7, 11) is 1.29. The Labute approximate surface area is 499 Å². The van der Waals surface area contributed by atoms with Gasteiger partial charge in [0.2, 0.25) is 17.8 Å². The van der Waals surface area contributed by atoms with Gasteiger partial charge in [0.25, 0.3) is 5.91 Å². The number of amides is 3. The number of allylic oxidation sites excluding steroid dienone is 1. The van der Waals surface area contributed by atoms with Crippen LogP contribution in [0.25, 0.3) is 50.5 Å². The van der Waals surface area contributed by atoms with E-state index in [0.29, 0.717) is 104 Å². The van der Waals surface area contributed by atoms with Crippen LogP contribution in [0.5, 0.6) is 0 Å². The van der Waals surface area contributed by atoms with E-state index in [1.54, 1.807) is 25.5 Å². The zero-order valence-corrected chi connectivity index (χ0v) is 49.7. The van der Waals surface area contributed by atoms with Crippen LogP contribution in [0, 0.1) is 20.8 Å². The van der Waals surface area contributed by atoms with E-state index in [0.717, 1.165) is 72.4 Å². The number of H-pyrrole nitrogens is 2. The molecule has 0 saturated carbocycles. The fraction of sp³-hybridized carbons (Fsp3) is 0.313. The first-order valence-corrected chi connectivity index (χ1v) is 29.2. The number of fused-ring (bicyclic) bond motifs is 8. The van der Waals surface area contributed by atoms with Crippen LogP contribution in [0.2, 0.25) is 0 Å². The molecule has 3 aliphatic heterocycles. The Bertz CT molecular complexity index is 3990. The monoisotopic (exact) mass is 1160 g/mol. The highest BCUT2D eigenvalue weighted by Gasteiger charge is 2.36. The molecule has 3 aliphatic rings. The van der Waals surface area contributed by atoms with Crippen molar-refractivity contribution in [3.8, 4) is 11.3 Å². The van der Waals surface area contributed by atoms with E-state index in [9.17, 15) is 29.1 Å². The van der Waals surface area contributed by atoms with Crippen LogP contribution < -0.4 is 16.0 Å². The number of nitrogens with one attached hydrogen (secondary N) is 5. The molecule has 5 aromatic heterocycles. The van der Waals surface area contributed by atoms with E-state index >= 15 is 0 Å². The van der Waals surface area contributed by atoms with Crippen molar-refractivity contribution in [3.05, 3.63) is 171 Å². The second-order valence-corrected chi connectivity index (χ2v) is 22.2. The minimum Gasteiger partial charge on any atom is -0.478 e. The van der Waals surface area contributed by atoms with Crippen LogP contribution in [-0.4, -0.2) is 119 Å². The topological polar surface area (TPSA) is 253 Å². The van der Waals surface area contributed by atoms with E-state index in [4.69, 9.17) is 14.7 Å². The summed E-state index contributed by atoms with van der Waals surface area (Å²) in [6.07, 6.45) is 8.59. The Hall–Kier alpha value is -9.62. The molecule has 86 heavy (non-hydrogen) atoms. The summed E-state index contributed by atoms with van der Waals surface area (Å²) in [5.74, 6) is -2.42. The summed E-state index contributed by atoms with van der Waals surface area (Å²) in [5, 5.41) is 20.1. The van der Waals surface area contributed by atoms with Crippen molar-refractivity contribution in [1.82, 2.24) is 50.0 Å². The molecule has 19 heteroatoms. The van der Waals surface area contributed by atoms with Gasteiger partial charge in [-0.25, -0.2) is 19.7 Å². The molecule has 1 saturated heterocycles. The van der Waals surface area contributed by atoms with Gasteiger partial charge in [0.15, 0.2) is 0 Å². The molecule has 7 aromatic rings. The SMILES string of the molecule is C=Cc1c(C)c2cc3nc(c(CC(=O)OC)c4nc(cc5[nH]c(cc1[nH]2)c(C)c5CC)C(C)=C4C(=O)O)[C@@H](CCC(=O)NCCCC(=O)N1CCN(Cc2ccc(C(=O)Nc4ccc(C)c(Nc5nccc(-c6cccnc6)n5)c4)cc2)CC1)[C@@H]3C. The van der Waals surface area contributed by atoms with Gasteiger partial charge in [-0.1, -0.05) is 44.7 Å². The van der Waals surface area contributed by atoms with Gasteiger partial charge in [0, 0.05) is 144 Å². The lowest BCUT2D eigenvalue weighted by Gasteiger charge is -2.35. The van der Waals surface area contributed by atoms with Crippen molar-refractivity contribution in [2.75, 3.05) is 50.5 Å². The third-order valence-electron chi connectivity index (χ3n) is 16.8. The maximum Gasteiger partial charge on any atom is 0.338 e. The first-order chi connectivity index (χ1) is 41.5. The largest absolute Gasteiger partial charge is 0.478 e. The lowest BCUT2D eigenvalue weighted by molar-refractivity contribution is -0.140. The predicted molar refractivity (Wildman–Crippen MR) is 334 cm³/mol. The number of hydrogen-bond donors (Lipinski definition) is 6. The summed E-state index contributed by atoms with van der Waals surface area (Å²) in [4.78, 5) is 102. The molecular weight excluding hydrogens is 1080 g/mol. The van der Waals surface area contributed by atoms with Gasteiger partial charge >= 0.3 is 11.9 Å². The molecule has 0 radical (unpaired) electrons. The fourth-order valence-electron chi connectivity index (χ4n) is 11.7. The van der Waals surface area contributed by atoms with Crippen molar-refractivity contribution < 1.29 is 33.8 Å². The number of methoxy groups -OCH3 is 1. The van der Waals surface area contributed by atoms with Crippen molar-refractivity contribution in [2.45, 2.75) is 98.4 Å². The first kappa shape index (κ1) is 59.5. The molecule has 3 amide bonds. The number of carboxylic acids is 1. The summed E-state index contributed by atoms with van der Waals surface area (Å²) in [5.41, 5.74) is 15.4. The number of carbonyl (C=O) groups excluding carboxylic acids is 4. The number of pyridine rings is 1. The molecule has 0 unspecified atom stereocenters. The van der Waals surface area contributed by atoms with Gasteiger partial charge < -0.3 is 40.7 Å². The zero-order valence-electron chi connectivity index (χ0n) is 49.7. The molecule has 2 aromatic carbocycles. The van der Waals surface area contributed by atoms with Crippen LogP contribution in [0.4, 0.5) is 17.3 Å². The molecule has 0 aliphatic carbocycles. The predicted octanol–water partition coefficient (Wildman–Crippen LogP) is 10.9. The Balaban J connectivity index is 0.745. The molecule has 6 N–H and O–H groups in total. The van der Waals surface area contributed by atoms with Crippen LogP contribution in [0.15, 0.2) is 104 Å². The quantitative estimate of drug-likeness (QED) is 0.0325. The fourth-order valence-corrected chi connectivity index (χ4v) is 11.7. The highest BCUT2D eigenvalue weighted by atomic mass is 16.5. The van der Waals surface area contributed by atoms with Crippen LogP contribution >= 0.6 is 0 Å². The molecule has 2 atom stereocenters. The minimum atomic E-state index is -1.19. The number of rotatable bonds is 19. The molecule has 10 rings (SSSR count). The van der Waals surface area contributed by atoms with E-state index in [2.05, 4.69) is 72.3 Å². The Morgan fingerprint density at radius 1 is 0.826 bits per heavy atom. The maximum atomic E-state index is 13.7. The highest BCUT2D eigenvalue weighted by Crippen LogP contribution is 2.44. The lowest BCUT2D eigenvalue weighted by Crippen LogP contribution is -2.48. The number of hydrogen-bond acceptors (Lipinski definition) is 13. The van der Waals surface area contributed by atoms with E-state index in [1.807, 2.05) is 105 Å². The Kier molecular flexibility index (Phi) is 18.1. The summed E-state index contributed by atoms with van der Waals surface area (Å²) in [6, 6.07) is 24.7. The first-order valence-electron chi connectivity index (χ1n) is 29.2. The number of aryl methyl sites for hydroxylation is 4. The molecule has 1 fully saturated rings. The van der Waals surface area contributed by atoms with Gasteiger partial charge in [0.1, 0.15) is 0 Å². The molecule has 19 nitrogen and oxygen atoms in total. The molecule has 8 heterocycles. The highest BCUT2D eigenvalue weighted by molar-refractivity contribution is 6.24. The number of esters is 1. The summed E-state index contributed by atoms with van der Waals surface area (Å²) in [6.45, 7) is 19.5. The zero-order chi connectivity index (χ0) is 60.8. The van der Waals surface area contributed by atoms with E-state index in [-0.39, 0.29) is 54.2 Å². The van der Waals surface area contributed by atoms with Crippen molar-refractivity contribution in [3.63, 3.8) is 0 Å². The summed E-state index contributed by atoms with van der Waals surface area (Å²) < 4.78 is 5.20. The van der Waals surface area contributed by atoms with Crippen molar-refractivity contribution >= 4 is 86.3 Å². The number of aliphatic carboxylic acids is 1. The third-order valence-corrected chi connectivity index (χ3v) is 16.8.